The largest absolute Gasteiger partial charge is 0.639 e. The van der Waals surface area contributed by atoms with Gasteiger partial charge in [0, 0.05) is 121 Å². The van der Waals surface area contributed by atoms with Crippen molar-refractivity contribution >= 4 is 199 Å². The Morgan fingerprint density at radius 3 is 1.66 bits per heavy atom. The molecule has 6 N–H and O–H groups in total. The number of nitrogens with one attached hydrogen (secondary N) is 1. The number of nitrogens with zero attached hydrogens (tertiary/aromatic N) is 5. The number of rotatable bonds is 19. The molecule has 0 amide bonds. The van der Waals surface area contributed by atoms with Crippen molar-refractivity contribution in [3.05, 3.63) is 197 Å². The summed E-state index contributed by atoms with van der Waals surface area (Å²) >= 11 is 30.8. The summed E-state index contributed by atoms with van der Waals surface area (Å²) in [5.41, 5.74) is 4.16. The topological polar surface area (TPSA) is 304 Å². The molecule has 554 valence electrons. The molecule has 3 aromatic carbocycles. The van der Waals surface area contributed by atoms with Gasteiger partial charge in [-0.15, -0.1) is 45.3 Å². The third-order valence-corrected chi connectivity index (χ3v) is 22.5. The Bertz CT molecular complexity index is 4850. The number of halogens is 5. The van der Waals surface area contributed by atoms with E-state index in [0.29, 0.717) is 68.3 Å². The Morgan fingerprint density at radius 1 is 0.667 bits per heavy atom. The van der Waals surface area contributed by atoms with Crippen LogP contribution >= 0.6 is 112 Å². The van der Waals surface area contributed by atoms with E-state index in [4.69, 9.17) is 73.4 Å². The van der Waals surface area contributed by atoms with Gasteiger partial charge < -0.3 is 43.9 Å². The van der Waals surface area contributed by atoms with Gasteiger partial charge in [0.05, 0.1) is 62.4 Å². The first-order valence-corrected chi connectivity index (χ1v) is 40.1. The number of carbonyl (C=O) groups excluding carboxylic acids is 3. The average Bonchev–Trinajstić information content (AvgIpc) is 1.71. The molecule has 0 radical (unpaired) electrons. The number of hydrogen-bond acceptors (Lipinski definition) is 24. The summed E-state index contributed by atoms with van der Waals surface area (Å²) < 4.78 is 55.9. The number of benzene rings is 3. The maximum Gasteiger partial charge on any atom is 0.639 e. The summed E-state index contributed by atoms with van der Waals surface area (Å²) in [6.45, 7) is 20.7. The molecule has 2 fully saturated rings. The maximum atomic E-state index is 13.6. The van der Waals surface area contributed by atoms with Crippen LogP contribution in [0.5, 0.6) is 0 Å². The van der Waals surface area contributed by atoms with Crippen LogP contribution in [-0.2, 0) is 37.9 Å². The lowest BCUT2D eigenvalue weighted by Crippen LogP contribution is -2.34. The molecular weight excluding hydrogens is 1630 g/mol. The average molecular weight is 1710 g/mol. The van der Waals surface area contributed by atoms with Crippen molar-refractivity contribution in [1.82, 2.24) is 24.9 Å². The molecule has 0 spiro atoms. The first-order valence-electron chi connectivity index (χ1n) is 32.7. The SMILES string of the molecule is CC(C)OB(OC(C)C)OC(C)C.Cc1sc(C(=O)c2cncnc2N[C@@H]2C[C@H](COS(N)(=O)=O)[C@@H](O)C2)cc1-c1nccc2ccc(Cl)cc12.Cc1sc(C2OCCO2)cc1Br.Cc1sc(C=O)cc1-c1nccc2ccc(Cl)cc12.Cc1sc(C=O)cc1B(O)O.Clc1ccc2ccnc(Br)c2c1. The molecule has 1 aliphatic carbocycles. The fraction of sp³-hybridized carbons (Fsp3) is 0.306. The van der Waals surface area contributed by atoms with E-state index in [1.54, 1.807) is 36.9 Å². The minimum absolute atomic E-state index is 0.113. The van der Waals surface area contributed by atoms with Crippen molar-refractivity contribution in [1.29, 1.82) is 0 Å². The molecular formula is C72H76B2Br2Cl3N7O14S5. The van der Waals surface area contributed by atoms with Crippen LogP contribution in [-0.4, -0.2) is 132 Å². The van der Waals surface area contributed by atoms with Crippen LogP contribution in [0.4, 0.5) is 5.82 Å². The molecule has 21 nitrogen and oxygen atoms in total. The van der Waals surface area contributed by atoms with Gasteiger partial charge in [-0.05, 0) is 214 Å². The van der Waals surface area contributed by atoms with Crippen molar-refractivity contribution < 1.29 is 65.6 Å². The van der Waals surface area contributed by atoms with Crippen LogP contribution in [0, 0.1) is 33.6 Å². The van der Waals surface area contributed by atoms with Gasteiger partial charge in [0.15, 0.2) is 18.9 Å². The number of ketones is 1. The Hall–Kier alpha value is -5.91. The van der Waals surface area contributed by atoms with Gasteiger partial charge >= 0.3 is 24.7 Å². The van der Waals surface area contributed by atoms with E-state index in [1.165, 1.54) is 57.5 Å². The molecule has 11 aromatic rings. The first kappa shape index (κ1) is 84.7. The number of aryl methyl sites for hydroxylation is 4. The molecule has 3 atom stereocenters. The van der Waals surface area contributed by atoms with Crippen molar-refractivity contribution in [2.24, 2.45) is 11.1 Å². The van der Waals surface area contributed by atoms with Gasteiger partial charge in [-0.3, -0.25) is 28.5 Å². The van der Waals surface area contributed by atoms with Crippen molar-refractivity contribution in [3.8, 4) is 22.5 Å². The molecule has 9 heterocycles. The lowest BCUT2D eigenvalue weighted by Gasteiger charge is -2.20. The molecule has 1 aliphatic heterocycles. The quantitative estimate of drug-likeness (QED) is 0.0217. The fourth-order valence-corrected chi connectivity index (χ4v) is 16.3. The highest BCUT2D eigenvalue weighted by Gasteiger charge is 2.35. The number of carbonyl (C=O) groups is 3. The van der Waals surface area contributed by atoms with E-state index < -0.39 is 36.8 Å². The minimum Gasteiger partial charge on any atom is -0.423 e. The van der Waals surface area contributed by atoms with Crippen LogP contribution in [0.2, 0.25) is 15.1 Å². The molecule has 33 heteroatoms. The Balaban J connectivity index is 0.000000174. The number of aldehydes is 2. The highest BCUT2D eigenvalue weighted by Crippen LogP contribution is 2.39. The summed E-state index contributed by atoms with van der Waals surface area (Å²) in [7, 11) is -6.12. The predicted octanol–water partition coefficient (Wildman–Crippen LogP) is 16.8. The fourth-order valence-electron chi connectivity index (χ4n) is 10.7. The van der Waals surface area contributed by atoms with Crippen LogP contribution in [0.15, 0.2) is 137 Å². The third-order valence-electron chi connectivity index (χ3n) is 15.5. The number of aliphatic hydroxyl groups excluding tert-OH is 1. The second-order valence-electron chi connectivity index (χ2n) is 24.5. The van der Waals surface area contributed by atoms with Gasteiger partial charge in [0.2, 0.25) is 5.78 Å². The summed E-state index contributed by atoms with van der Waals surface area (Å²) in [6, 6.07) is 29.9. The number of fused-ring (bicyclic) bond motifs is 3. The maximum absolute atomic E-state index is 13.6. The van der Waals surface area contributed by atoms with Crippen LogP contribution < -0.4 is 15.9 Å². The number of nitrogens with two attached hydrogens (primary N) is 1. The van der Waals surface area contributed by atoms with Gasteiger partial charge in [0.25, 0.3) is 0 Å². The standard InChI is InChI=1S/C25H24ClN5O5S2.C15H10ClNOS.C9H21BO3.C9H5BrClN.C8H9BrO2S.C6H7BO3S/c1-13-18(23-19-7-16(26)3-2-14(19)4-5-29-23)9-22(37-13)24(33)20-10-28-12-30-25(20)31-17-6-15(21(32)8-17)11-36-38(27,34)35;1-9-13(7-12(8-18)19-9)15-14-6-11(16)3-2-10(14)4-5-17-15;1-7(2)11-10(12-8(3)4)13-9(5)6;10-9-8-5-7(11)2-1-6(8)3-4-12-9;1-5-6(9)4-7(12-5)8-10-2-3-11-8;1-4-6(7(9)10)2-5(3-8)11-4/h2-5,7,9-10,12,15,17,21,32H,6,8,11H2,1H3,(H2,27,34,35)(H,28,30,31);2-8H,1H3;7-9H,1-6H3;1-5H;4,8H,2-3H2,1H3;2-3,9-10H,1H3/t15-,17-,21+;;;;;/m1...../s1. The monoisotopic (exact) mass is 1710 g/mol. The molecule has 0 bridgehead atoms. The zero-order valence-electron chi connectivity index (χ0n) is 58.6. The summed E-state index contributed by atoms with van der Waals surface area (Å²) in [5.74, 6) is -0.354. The Morgan fingerprint density at radius 2 is 1.17 bits per heavy atom. The van der Waals surface area contributed by atoms with E-state index in [1.807, 2.05) is 140 Å². The van der Waals surface area contributed by atoms with Crippen molar-refractivity contribution in [2.45, 2.75) is 119 Å². The van der Waals surface area contributed by atoms with Crippen LogP contribution in [0.1, 0.15) is 120 Å². The van der Waals surface area contributed by atoms with Crippen molar-refractivity contribution in [2.75, 3.05) is 25.1 Å². The zero-order valence-corrected chi connectivity index (χ0v) is 68.1. The third kappa shape index (κ3) is 24.8. The lowest BCUT2D eigenvalue weighted by molar-refractivity contribution is -0.0413. The lowest BCUT2D eigenvalue weighted by atomic mass is 9.80. The molecule has 0 unspecified atom stereocenters. The Kier molecular flexibility index (Phi) is 32.2. The molecule has 1 saturated heterocycles. The van der Waals surface area contributed by atoms with Gasteiger partial charge in [-0.1, -0.05) is 53.0 Å². The van der Waals surface area contributed by atoms with E-state index in [0.717, 1.165) is 94.7 Å². The smallest absolute Gasteiger partial charge is 0.423 e. The van der Waals surface area contributed by atoms with Crippen LogP contribution in [0.25, 0.3) is 54.8 Å². The van der Waals surface area contributed by atoms with Gasteiger partial charge in [0.1, 0.15) is 16.7 Å². The summed E-state index contributed by atoms with van der Waals surface area (Å²) in [4.78, 5) is 63.1. The number of thiophene rings is 4. The van der Waals surface area contributed by atoms with Gasteiger partial charge in [-0.2, -0.15) is 8.42 Å². The zero-order chi connectivity index (χ0) is 76.4. The highest BCUT2D eigenvalue weighted by molar-refractivity contribution is 9.10. The van der Waals surface area contributed by atoms with Crippen molar-refractivity contribution in [3.63, 3.8) is 0 Å². The molecule has 2 aliphatic rings. The van der Waals surface area contributed by atoms with Gasteiger partial charge in [-0.25, -0.2) is 20.1 Å². The van der Waals surface area contributed by atoms with E-state index >= 15 is 0 Å². The Labute approximate surface area is 658 Å². The molecule has 8 aromatic heterocycles. The number of ether oxygens (including phenoxy) is 2. The highest BCUT2D eigenvalue weighted by atomic mass is 79.9. The second-order valence-corrected chi connectivity index (χ2v) is 33.7. The normalized spacial score (nSPS) is 14.9. The van der Waals surface area contributed by atoms with E-state index in [-0.39, 0.29) is 48.6 Å². The molecule has 105 heavy (non-hydrogen) atoms. The summed E-state index contributed by atoms with van der Waals surface area (Å²) in [6.07, 6.45) is 9.80. The number of aliphatic hydroxyl groups is 1. The number of aromatic nitrogens is 5. The summed E-state index contributed by atoms with van der Waals surface area (Å²) in [5, 5.41) is 44.2. The number of anilines is 1. The first-order chi connectivity index (χ1) is 49.9. The predicted molar refractivity (Wildman–Crippen MR) is 430 cm³/mol. The van der Waals surface area contributed by atoms with Crippen LogP contribution in [0.3, 0.4) is 0 Å². The second kappa shape index (κ2) is 40.0. The minimum atomic E-state index is -4.10. The van der Waals surface area contributed by atoms with E-state index in [2.05, 4.69) is 79.3 Å². The number of hydrogen-bond donors (Lipinski definition) is 5. The molecule has 1 saturated carbocycles. The number of pyridine rings is 3. The molecule has 13 rings (SSSR count). The van der Waals surface area contributed by atoms with E-state index in [9.17, 15) is 27.9 Å².